The van der Waals surface area contributed by atoms with Gasteiger partial charge in [-0.15, -0.1) is 0 Å². The molecule has 5 nitrogen and oxygen atoms in total. The van der Waals surface area contributed by atoms with Crippen LogP contribution in [0.15, 0.2) is 59.1 Å². The zero-order valence-corrected chi connectivity index (χ0v) is 15.1. The van der Waals surface area contributed by atoms with Gasteiger partial charge in [0.05, 0.1) is 6.54 Å². The molecule has 1 saturated heterocycles. The second-order valence-electron chi connectivity index (χ2n) is 6.86. The van der Waals surface area contributed by atoms with Gasteiger partial charge in [-0.05, 0) is 18.1 Å². The van der Waals surface area contributed by atoms with E-state index in [4.69, 9.17) is 4.52 Å². The van der Waals surface area contributed by atoms with Crippen molar-refractivity contribution in [3.63, 3.8) is 0 Å². The molecule has 0 saturated carbocycles. The number of benzene rings is 2. The Kier molecular flexibility index (Phi) is 5.09. The molecule has 2 heterocycles. The van der Waals surface area contributed by atoms with E-state index in [2.05, 4.69) is 51.1 Å². The lowest BCUT2D eigenvalue weighted by Crippen LogP contribution is -2.45. The Labute approximate surface area is 154 Å². The molecule has 134 valence electrons. The molecule has 1 aromatic heterocycles. The summed E-state index contributed by atoms with van der Waals surface area (Å²) < 4.78 is 5.44. The van der Waals surface area contributed by atoms with E-state index in [9.17, 15) is 0 Å². The van der Waals surface area contributed by atoms with Gasteiger partial charge in [-0.1, -0.05) is 59.8 Å². The van der Waals surface area contributed by atoms with Gasteiger partial charge in [-0.25, -0.2) is 0 Å². The SMILES string of the molecule is Cc1ccccc1CN1CCN(Cc2nc(-c3ccccc3)no2)CC1. The molecule has 0 bridgehead atoms. The highest BCUT2D eigenvalue weighted by atomic mass is 16.5. The van der Waals surface area contributed by atoms with Gasteiger partial charge in [-0.2, -0.15) is 4.98 Å². The summed E-state index contributed by atoms with van der Waals surface area (Å²) in [6, 6.07) is 18.6. The van der Waals surface area contributed by atoms with Crippen molar-refractivity contribution in [3.05, 3.63) is 71.6 Å². The first-order valence-electron chi connectivity index (χ1n) is 9.15. The normalized spacial score (nSPS) is 16.0. The zero-order chi connectivity index (χ0) is 17.8. The van der Waals surface area contributed by atoms with Crippen molar-refractivity contribution in [1.29, 1.82) is 0 Å². The maximum atomic E-state index is 5.44. The number of nitrogens with zero attached hydrogens (tertiary/aromatic N) is 4. The van der Waals surface area contributed by atoms with Gasteiger partial charge in [-0.3, -0.25) is 9.80 Å². The van der Waals surface area contributed by atoms with Gasteiger partial charge >= 0.3 is 0 Å². The van der Waals surface area contributed by atoms with Crippen LogP contribution >= 0.6 is 0 Å². The Morgan fingerprint density at radius 1 is 0.846 bits per heavy atom. The number of rotatable bonds is 5. The van der Waals surface area contributed by atoms with Crippen molar-refractivity contribution in [3.8, 4) is 11.4 Å². The first-order chi connectivity index (χ1) is 12.8. The van der Waals surface area contributed by atoms with Gasteiger partial charge in [0.1, 0.15) is 0 Å². The highest BCUT2D eigenvalue weighted by molar-refractivity contribution is 5.53. The van der Waals surface area contributed by atoms with Crippen molar-refractivity contribution < 1.29 is 4.52 Å². The average Bonchev–Trinajstić information content (AvgIpc) is 3.14. The van der Waals surface area contributed by atoms with Gasteiger partial charge in [0.25, 0.3) is 0 Å². The minimum atomic E-state index is 0.666. The molecule has 5 heteroatoms. The monoisotopic (exact) mass is 348 g/mol. The molecule has 3 aromatic rings. The van der Waals surface area contributed by atoms with Gasteiger partial charge in [0.15, 0.2) is 0 Å². The van der Waals surface area contributed by atoms with Crippen LogP contribution in [0.4, 0.5) is 0 Å². The molecule has 0 spiro atoms. The molecule has 1 aliphatic heterocycles. The summed E-state index contributed by atoms with van der Waals surface area (Å²) in [4.78, 5) is 9.44. The molecule has 0 radical (unpaired) electrons. The topological polar surface area (TPSA) is 45.4 Å². The third-order valence-electron chi connectivity index (χ3n) is 4.98. The first kappa shape index (κ1) is 16.9. The third-order valence-corrected chi connectivity index (χ3v) is 4.98. The lowest BCUT2D eigenvalue weighted by Gasteiger charge is -2.34. The molecule has 0 amide bonds. The Morgan fingerprint density at radius 2 is 1.50 bits per heavy atom. The van der Waals surface area contributed by atoms with Crippen LogP contribution in [0.1, 0.15) is 17.0 Å². The minimum Gasteiger partial charge on any atom is -0.338 e. The number of aryl methyl sites for hydroxylation is 1. The van der Waals surface area contributed by atoms with E-state index in [1.807, 2.05) is 30.3 Å². The molecule has 4 rings (SSSR count). The Morgan fingerprint density at radius 3 is 2.23 bits per heavy atom. The molecule has 2 aromatic carbocycles. The highest BCUT2D eigenvalue weighted by Crippen LogP contribution is 2.17. The Hall–Kier alpha value is -2.50. The zero-order valence-electron chi connectivity index (χ0n) is 15.1. The number of aromatic nitrogens is 2. The van der Waals surface area contributed by atoms with Crippen LogP contribution in [-0.2, 0) is 13.1 Å². The fourth-order valence-corrected chi connectivity index (χ4v) is 3.35. The summed E-state index contributed by atoms with van der Waals surface area (Å²) in [6.45, 7) is 8.11. The van der Waals surface area contributed by atoms with Crippen molar-refractivity contribution in [2.24, 2.45) is 0 Å². The van der Waals surface area contributed by atoms with E-state index < -0.39 is 0 Å². The summed E-state index contributed by atoms with van der Waals surface area (Å²) in [5, 5.41) is 4.11. The molecule has 0 N–H and O–H groups in total. The summed E-state index contributed by atoms with van der Waals surface area (Å²) in [6.07, 6.45) is 0. The maximum absolute atomic E-state index is 5.44. The van der Waals surface area contributed by atoms with Crippen LogP contribution < -0.4 is 0 Å². The van der Waals surface area contributed by atoms with Crippen molar-refractivity contribution in [1.82, 2.24) is 19.9 Å². The lowest BCUT2D eigenvalue weighted by atomic mass is 10.1. The second-order valence-corrected chi connectivity index (χ2v) is 6.86. The van der Waals surface area contributed by atoms with E-state index in [0.717, 1.165) is 44.8 Å². The lowest BCUT2D eigenvalue weighted by molar-refractivity contribution is 0.112. The molecule has 26 heavy (non-hydrogen) atoms. The van der Waals surface area contributed by atoms with Crippen LogP contribution in [0.5, 0.6) is 0 Å². The fourth-order valence-electron chi connectivity index (χ4n) is 3.35. The number of piperazine rings is 1. The minimum absolute atomic E-state index is 0.666. The molecule has 0 aliphatic carbocycles. The second kappa shape index (κ2) is 7.81. The summed E-state index contributed by atoms with van der Waals surface area (Å²) in [7, 11) is 0. The van der Waals surface area contributed by atoms with Crippen molar-refractivity contribution >= 4 is 0 Å². The van der Waals surface area contributed by atoms with Crippen LogP contribution in [0.2, 0.25) is 0 Å². The van der Waals surface area contributed by atoms with E-state index in [1.165, 1.54) is 11.1 Å². The van der Waals surface area contributed by atoms with Gasteiger partial charge in [0, 0.05) is 38.3 Å². The fraction of sp³-hybridized carbons (Fsp3) is 0.333. The Bertz CT molecular complexity index is 838. The van der Waals surface area contributed by atoms with Crippen LogP contribution in [0.25, 0.3) is 11.4 Å². The van der Waals surface area contributed by atoms with Crippen molar-refractivity contribution in [2.75, 3.05) is 26.2 Å². The average molecular weight is 348 g/mol. The standard InChI is InChI=1S/C21H24N4O/c1-17-7-5-6-10-19(17)15-24-11-13-25(14-12-24)16-20-22-21(23-26-20)18-8-3-2-4-9-18/h2-10H,11-16H2,1H3. The van der Waals surface area contributed by atoms with Crippen LogP contribution in [-0.4, -0.2) is 46.1 Å². The smallest absolute Gasteiger partial charge is 0.241 e. The molecule has 1 fully saturated rings. The molecule has 0 unspecified atom stereocenters. The molecule has 0 atom stereocenters. The van der Waals surface area contributed by atoms with E-state index in [0.29, 0.717) is 11.7 Å². The van der Waals surface area contributed by atoms with Gasteiger partial charge < -0.3 is 4.52 Å². The molecular weight excluding hydrogens is 324 g/mol. The first-order valence-corrected chi connectivity index (χ1v) is 9.15. The predicted molar refractivity (Wildman–Crippen MR) is 101 cm³/mol. The third kappa shape index (κ3) is 4.00. The Balaban J connectivity index is 1.30. The van der Waals surface area contributed by atoms with E-state index >= 15 is 0 Å². The molecular formula is C21H24N4O. The van der Waals surface area contributed by atoms with Crippen LogP contribution in [0.3, 0.4) is 0 Å². The summed E-state index contributed by atoms with van der Waals surface area (Å²) in [5.41, 5.74) is 3.78. The van der Waals surface area contributed by atoms with Gasteiger partial charge in [0.2, 0.25) is 11.7 Å². The van der Waals surface area contributed by atoms with E-state index in [1.54, 1.807) is 0 Å². The van der Waals surface area contributed by atoms with E-state index in [-0.39, 0.29) is 0 Å². The largest absolute Gasteiger partial charge is 0.338 e. The quantitative estimate of drug-likeness (QED) is 0.707. The maximum Gasteiger partial charge on any atom is 0.241 e. The number of hydrogen-bond donors (Lipinski definition) is 0. The summed E-state index contributed by atoms with van der Waals surface area (Å²) in [5.74, 6) is 1.36. The molecule has 1 aliphatic rings. The van der Waals surface area contributed by atoms with Crippen LogP contribution in [0, 0.1) is 6.92 Å². The predicted octanol–water partition coefficient (Wildman–Crippen LogP) is 3.36. The van der Waals surface area contributed by atoms with Crippen molar-refractivity contribution in [2.45, 2.75) is 20.0 Å². The highest BCUT2D eigenvalue weighted by Gasteiger charge is 2.20. The summed E-state index contributed by atoms with van der Waals surface area (Å²) >= 11 is 0. The number of hydrogen-bond acceptors (Lipinski definition) is 5.